The molecular formula is C24H31N6O7P. The molecule has 2 unspecified atom stereocenters. The first-order valence-electron chi connectivity index (χ1n) is 12.0. The van der Waals surface area contributed by atoms with Gasteiger partial charge in [0.15, 0.2) is 11.2 Å². The number of nitrogen functional groups attached to an aromatic ring is 1. The number of fused-ring (bicyclic) bond motifs is 1. The zero-order valence-corrected chi connectivity index (χ0v) is 22.1. The molecule has 1 saturated carbocycles. The third kappa shape index (κ3) is 5.97. The molecule has 1 fully saturated rings. The van der Waals surface area contributed by atoms with Gasteiger partial charge in [-0.1, -0.05) is 24.8 Å². The van der Waals surface area contributed by atoms with Crippen LogP contribution in [0.1, 0.15) is 33.2 Å². The normalized spacial score (nSPS) is 21.9. The summed E-state index contributed by atoms with van der Waals surface area (Å²) in [7, 11) is -4.13. The molecule has 0 saturated heterocycles. The van der Waals surface area contributed by atoms with Crippen molar-refractivity contribution in [3.63, 3.8) is 0 Å². The number of rotatable bonds is 10. The zero-order chi connectivity index (χ0) is 27.6. The highest BCUT2D eigenvalue weighted by Gasteiger charge is 2.41. The summed E-state index contributed by atoms with van der Waals surface area (Å²) in [6.45, 7) is 8.78. The number of aromatic nitrogens is 4. The summed E-state index contributed by atoms with van der Waals surface area (Å²) in [5.41, 5.74) is 6.13. The van der Waals surface area contributed by atoms with E-state index < -0.39 is 43.4 Å². The van der Waals surface area contributed by atoms with Crippen LogP contribution in [0.2, 0.25) is 0 Å². The molecule has 1 aliphatic carbocycles. The molecule has 38 heavy (non-hydrogen) atoms. The maximum Gasteiger partial charge on any atom is 0.459 e. The van der Waals surface area contributed by atoms with Crippen LogP contribution >= 0.6 is 7.75 Å². The summed E-state index contributed by atoms with van der Waals surface area (Å²) in [6, 6.07) is 6.87. The first kappa shape index (κ1) is 27.5. The van der Waals surface area contributed by atoms with Crippen LogP contribution in [0, 0.1) is 5.92 Å². The van der Waals surface area contributed by atoms with Crippen molar-refractivity contribution in [3.05, 3.63) is 59.2 Å². The van der Waals surface area contributed by atoms with Gasteiger partial charge in [0.25, 0.3) is 5.56 Å². The van der Waals surface area contributed by atoms with E-state index in [-0.39, 0.29) is 42.0 Å². The Kier molecular flexibility index (Phi) is 8.02. The smallest absolute Gasteiger partial charge is 0.459 e. The summed E-state index contributed by atoms with van der Waals surface area (Å²) >= 11 is 0. The monoisotopic (exact) mass is 546 g/mol. The van der Waals surface area contributed by atoms with Gasteiger partial charge in [-0.05, 0) is 44.9 Å². The molecule has 204 valence electrons. The number of nitrogens with one attached hydrogen (secondary N) is 2. The number of benzene rings is 1. The van der Waals surface area contributed by atoms with E-state index in [0.29, 0.717) is 5.57 Å². The highest BCUT2D eigenvalue weighted by atomic mass is 31.2. The van der Waals surface area contributed by atoms with Crippen LogP contribution < -0.4 is 20.9 Å². The number of H-pyrrole nitrogens is 1. The van der Waals surface area contributed by atoms with Crippen molar-refractivity contribution in [1.82, 2.24) is 24.6 Å². The lowest BCUT2D eigenvalue weighted by Crippen LogP contribution is -2.36. The van der Waals surface area contributed by atoms with Gasteiger partial charge in [-0.15, -0.1) is 0 Å². The molecule has 3 aromatic rings. The highest BCUT2D eigenvalue weighted by Crippen LogP contribution is 2.48. The third-order valence-corrected chi connectivity index (χ3v) is 7.71. The zero-order valence-electron chi connectivity index (χ0n) is 21.2. The molecule has 0 aliphatic heterocycles. The highest BCUT2D eigenvalue weighted by molar-refractivity contribution is 7.52. The summed E-state index contributed by atoms with van der Waals surface area (Å²) in [5.74, 6) is -1.08. The molecule has 1 aliphatic rings. The Bertz CT molecular complexity index is 1420. The standard InChI is InChI=1S/C24H31N6O7P/c1-13(2)36-23(33)15(4)29-38(34,37-16-8-6-5-7-9-16)35-11-17-14(3)18(10-19(17)31)30-12-26-20-21(30)27-24(25)28-22(20)32/h5-9,12-13,15,17-19,31H,3,10-11H2,1-2,4H3,(H,29,34)(H3,25,27,28,32)/t15?,17-,18-,19-,38?/m0/s1. The lowest BCUT2D eigenvalue weighted by atomic mass is 10.0. The molecule has 1 aromatic carbocycles. The number of nitrogens with zero attached hydrogens (tertiary/aromatic N) is 3. The fraction of sp³-hybridized carbons (Fsp3) is 0.417. The van der Waals surface area contributed by atoms with Gasteiger partial charge in [-0.25, -0.2) is 9.55 Å². The van der Waals surface area contributed by atoms with Crippen molar-refractivity contribution in [2.24, 2.45) is 5.92 Å². The van der Waals surface area contributed by atoms with Gasteiger partial charge in [-0.2, -0.15) is 10.1 Å². The van der Waals surface area contributed by atoms with E-state index in [9.17, 15) is 19.3 Å². The van der Waals surface area contributed by atoms with Crippen LogP contribution in [0.5, 0.6) is 5.75 Å². The number of hydrogen-bond acceptors (Lipinski definition) is 10. The number of para-hydroxylation sites is 1. The minimum atomic E-state index is -4.13. The molecule has 2 heterocycles. The van der Waals surface area contributed by atoms with Crippen molar-refractivity contribution >= 4 is 30.8 Å². The van der Waals surface area contributed by atoms with Gasteiger partial charge in [0.2, 0.25) is 5.95 Å². The van der Waals surface area contributed by atoms with Crippen molar-refractivity contribution in [1.29, 1.82) is 0 Å². The van der Waals surface area contributed by atoms with E-state index in [1.807, 2.05) is 0 Å². The molecule has 14 heteroatoms. The van der Waals surface area contributed by atoms with E-state index in [1.54, 1.807) is 48.7 Å². The molecule has 0 radical (unpaired) electrons. The van der Waals surface area contributed by atoms with E-state index in [2.05, 4.69) is 26.6 Å². The van der Waals surface area contributed by atoms with Gasteiger partial charge in [0, 0.05) is 5.92 Å². The SMILES string of the molecule is C=C1[C@H](COP(=O)(NC(C)C(=O)OC(C)C)Oc2ccccc2)[C@@H](O)C[C@@H]1n1cnc2c(=O)[nH]c(N)nc21. The Morgan fingerprint density at radius 1 is 1.34 bits per heavy atom. The Balaban J connectivity index is 1.53. The molecule has 5 atom stereocenters. The number of hydrogen-bond donors (Lipinski definition) is 4. The van der Waals surface area contributed by atoms with Crippen molar-refractivity contribution < 1.29 is 28.3 Å². The van der Waals surface area contributed by atoms with Crippen LogP contribution in [-0.2, 0) is 18.6 Å². The van der Waals surface area contributed by atoms with Gasteiger partial charge in [-0.3, -0.25) is 19.1 Å². The topological polar surface area (TPSA) is 184 Å². The first-order chi connectivity index (χ1) is 18.0. The molecule has 13 nitrogen and oxygen atoms in total. The van der Waals surface area contributed by atoms with Crippen LogP contribution in [0.25, 0.3) is 11.2 Å². The van der Waals surface area contributed by atoms with Gasteiger partial charge in [0.05, 0.1) is 31.2 Å². The number of imidazole rings is 1. The largest absolute Gasteiger partial charge is 0.462 e. The van der Waals surface area contributed by atoms with Crippen molar-refractivity contribution in [3.8, 4) is 5.75 Å². The minimum Gasteiger partial charge on any atom is -0.462 e. The average Bonchev–Trinajstić information content (AvgIpc) is 3.38. The number of aromatic amines is 1. The quantitative estimate of drug-likeness (QED) is 0.166. The molecule has 0 bridgehead atoms. The Labute approximate surface area is 218 Å². The summed E-state index contributed by atoms with van der Waals surface area (Å²) in [6.07, 6.45) is 0.375. The molecule has 2 aromatic heterocycles. The third-order valence-electron chi connectivity index (χ3n) is 6.07. The number of esters is 1. The predicted molar refractivity (Wildman–Crippen MR) is 139 cm³/mol. The second kappa shape index (κ2) is 11.1. The predicted octanol–water partition coefficient (Wildman–Crippen LogP) is 2.31. The molecule has 0 spiro atoms. The Morgan fingerprint density at radius 2 is 2.05 bits per heavy atom. The van der Waals surface area contributed by atoms with E-state index in [4.69, 9.17) is 19.5 Å². The van der Waals surface area contributed by atoms with Gasteiger partial charge in [0.1, 0.15) is 11.8 Å². The van der Waals surface area contributed by atoms with Crippen LogP contribution in [0.15, 0.2) is 53.6 Å². The van der Waals surface area contributed by atoms with Crippen molar-refractivity contribution in [2.45, 2.75) is 51.5 Å². The molecule has 0 amide bonds. The van der Waals surface area contributed by atoms with E-state index >= 15 is 0 Å². The van der Waals surface area contributed by atoms with Crippen LogP contribution in [0.4, 0.5) is 5.95 Å². The minimum absolute atomic E-state index is 0.0662. The number of carbonyl (C=O) groups excluding carboxylic acids is 1. The number of nitrogens with two attached hydrogens (primary N) is 1. The fourth-order valence-electron chi connectivity index (χ4n) is 4.23. The Morgan fingerprint density at radius 3 is 2.74 bits per heavy atom. The first-order valence-corrected chi connectivity index (χ1v) is 13.6. The molecule has 4 rings (SSSR count). The van der Waals surface area contributed by atoms with E-state index in [0.717, 1.165) is 0 Å². The summed E-state index contributed by atoms with van der Waals surface area (Å²) in [5, 5.41) is 13.5. The van der Waals surface area contributed by atoms with Crippen LogP contribution in [-0.4, -0.2) is 55.5 Å². The number of aliphatic hydroxyl groups excluding tert-OH is 1. The number of carbonyl (C=O) groups is 1. The lowest BCUT2D eigenvalue weighted by Gasteiger charge is -2.25. The molecule has 5 N–H and O–H groups in total. The number of aliphatic hydroxyl groups is 1. The van der Waals surface area contributed by atoms with Gasteiger partial charge >= 0.3 is 13.7 Å². The second-order valence-corrected chi connectivity index (χ2v) is 11.0. The van der Waals surface area contributed by atoms with E-state index in [1.165, 1.54) is 13.3 Å². The van der Waals surface area contributed by atoms with Crippen molar-refractivity contribution in [2.75, 3.05) is 12.3 Å². The lowest BCUT2D eigenvalue weighted by molar-refractivity contribution is -0.149. The second-order valence-electron chi connectivity index (χ2n) is 9.31. The average molecular weight is 547 g/mol. The Hall–Kier alpha value is -3.51. The number of ether oxygens (including phenoxy) is 1. The summed E-state index contributed by atoms with van der Waals surface area (Å²) < 4.78 is 32.0. The maximum absolute atomic E-state index is 13.8. The molecular weight excluding hydrogens is 515 g/mol. The van der Waals surface area contributed by atoms with Gasteiger partial charge < -0.3 is 24.7 Å². The van der Waals surface area contributed by atoms with Crippen LogP contribution in [0.3, 0.4) is 0 Å². The summed E-state index contributed by atoms with van der Waals surface area (Å²) in [4.78, 5) is 35.2. The maximum atomic E-state index is 13.8. The fourth-order valence-corrected chi connectivity index (χ4v) is 5.75. The number of anilines is 1.